The van der Waals surface area contributed by atoms with E-state index in [0.717, 1.165) is 16.7 Å². The third-order valence-corrected chi connectivity index (χ3v) is 8.16. The van der Waals surface area contributed by atoms with Gasteiger partial charge >= 0.3 is 7.60 Å². The standard InChI is InChI=1S/C27H32NO3P/c1-20(2)30-32(29,31-21(3)4)27-26(24-18-12-7-13-19-24)28(27)25(22-14-8-5-9-15-22)23-16-10-6-11-17-23/h5-21,25-27H,1-4H3/t26-,27+,28?/m0/s1. The molecule has 0 aromatic heterocycles. The summed E-state index contributed by atoms with van der Waals surface area (Å²) in [6.07, 6.45) is -0.407. The Balaban J connectivity index is 1.83. The van der Waals surface area contributed by atoms with Crippen LogP contribution in [0.15, 0.2) is 91.0 Å². The summed E-state index contributed by atoms with van der Waals surface area (Å²) in [6, 6.07) is 30.9. The second-order valence-electron chi connectivity index (χ2n) is 8.79. The van der Waals surface area contributed by atoms with Crippen molar-refractivity contribution in [1.82, 2.24) is 4.90 Å². The van der Waals surface area contributed by atoms with Crippen molar-refractivity contribution in [2.75, 3.05) is 0 Å². The van der Waals surface area contributed by atoms with E-state index >= 15 is 0 Å². The van der Waals surface area contributed by atoms with Gasteiger partial charge in [-0.25, -0.2) is 0 Å². The fourth-order valence-electron chi connectivity index (χ4n) is 4.42. The molecule has 32 heavy (non-hydrogen) atoms. The second-order valence-corrected chi connectivity index (χ2v) is 10.8. The fraction of sp³-hybridized carbons (Fsp3) is 0.333. The van der Waals surface area contributed by atoms with Crippen LogP contribution in [0.1, 0.15) is 56.5 Å². The predicted molar refractivity (Wildman–Crippen MR) is 130 cm³/mol. The molecule has 3 aromatic carbocycles. The molecule has 0 bridgehead atoms. The summed E-state index contributed by atoms with van der Waals surface area (Å²) in [7, 11) is -3.44. The van der Waals surface area contributed by atoms with Crippen molar-refractivity contribution in [3.63, 3.8) is 0 Å². The van der Waals surface area contributed by atoms with Gasteiger partial charge in [0.25, 0.3) is 0 Å². The molecule has 0 amide bonds. The lowest BCUT2D eigenvalue weighted by Gasteiger charge is -2.25. The van der Waals surface area contributed by atoms with Crippen molar-refractivity contribution < 1.29 is 13.6 Å². The van der Waals surface area contributed by atoms with Crippen molar-refractivity contribution in [3.05, 3.63) is 108 Å². The SMILES string of the molecule is CC(C)OP(=O)(OC(C)C)[C@@H]1[C@H](c2ccccc2)N1C(c1ccccc1)c1ccccc1. The molecule has 1 heterocycles. The molecule has 168 valence electrons. The molecule has 1 aliphatic heterocycles. The van der Waals surface area contributed by atoms with E-state index in [1.807, 2.05) is 58.0 Å². The van der Waals surface area contributed by atoms with Crippen LogP contribution in [0.25, 0.3) is 0 Å². The lowest BCUT2D eigenvalue weighted by atomic mass is 9.98. The Labute approximate surface area is 191 Å². The summed E-state index contributed by atoms with van der Waals surface area (Å²) < 4.78 is 26.4. The topological polar surface area (TPSA) is 38.5 Å². The van der Waals surface area contributed by atoms with Gasteiger partial charge in [-0.15, -0.1) is 0 Å². The molecule has 5 heteroatoms. The van der Waals surface area contributed by atoms with Crippen molar-refractivity contribution in [2.24, 2.45) is 0 Å². The Morgan fingerprint density at radius 1 is 0.688 bits per heavy atom. The van der Waals surface area contributed by atoms with Crippen LogP contribution < -0.4 is 0 Å². The fourth-order valence-corrected chi connectivity index (χ4v) is 7.10. The molecule has 0 aliphatic carbocycles. The van der Waals surface area contributed by atoms with E-state index in [9.17, 15) is 4.57 Å². The molecule has 1 saturated heterocycles. The summed E-state index contributed by atoms with van der Waals surface area (Å²) in [5.41, 5.74) is 3.43. The maximum Gasteiger partial charge on any atom is 0.350 e. The highest BCUT2D eigenvalue weighted by atomic mass is 31.2. The largest absolute Gasteiger partial charge is 0.350 e. The highest BCUT2D eigenvalue weighted by Crippen LogP contribution is 2.71. The highest BCUT2D eigenvalue weighted by molar-refractivity contribution is 7.55. The molecule has 1 unspecified atom stereocenters. The first-order chi connectivity index (χ1) is 15.4. The van der Waals surface area contributed by atoms with Gasteiger partial charge in [0.2, 0.25) is 0 Å². The van der Waals surface area contributed by atoms with Gasteiger partial charge in [-0.3, -0.25) is 9.46 Å². The van der Waals surface area contributed by atoms with Crippen LogP contribution in [0.2, 0.25) is 0 Å². The molecule has 4 rings (SSSR count). The van der Waals surface area contributed by atoms with Gasteiger partial charge in [0.1, 0.15) is 5.78 Å². The van der Waals surface area contributed by atoms with Crippen LogP contribution in [0.5, 0.6) is 0 Å². The maximum absolute atomic E-state index is 14.3. The molecular weight excluding hydrogens is 417 g/mol. The lowest BCUT2D eigenvalue weighted by molar-refractivity contribution is 0.138. The zero-order valence-corrected chi connectivity index (χ0v) is 20.1. The summed E-state index contributed by atoms with van der Waals surface area (Å²) in [6.45, 7) is 7.64. The summed E-state index contributed by atoms with van der Waals surface area (Å²) >= 11 is 0. The maximum atomic E-state index is 14.3. The zero-order valence-electron chi connectivity index (χ0n) is 19.2. The molecule has 0 saturated carbocycles. The van der Waals surface area contributed by atoms with Crippen LogP contribution in [0, 0.1) is 0 Å². The Morgan fingerprint density at radius 2 is 1.09 bits per heavy atom. The molecule has 3 atom stereocenters. The van der Waals surface area contributed by atoms with Gasteiger partial charge in [0.15, 0.2) is 0 Å². The molecule has 3 aromatic rings. The van der Waals surface area contributed by atoms with Crippen LogP contribution >= 0.6 is 7.60 Å². The molecule has 1 aliphatic rings. The van der Waals surface area contributed by atoms with Crippen LogP contribution in [0.4, 0.5) is 0 Å². The van der Waals surface area contributed by atoms with E-state index in [2.05, 4.69) is 65.6 Å². The first kappa shape index (κ1) is 22.9. The number of hydrogen-bond acceptors (Lipinski definition) is 4. The third kappa shape index (κ3) is 4.89. The quantitative estimate of drug-likeness (QED) is 0.256. The smallest absolute Gasteiger partial charge is 0.305 e. The van der Waals surface area contributed by atoms with E-state index in [1.165, 1.54) is 0 Å². The van der Waals surface area contributed by atoms with E-state index in [0.29, 0.717) is 0 Å². The first-order valence-corrected chi connectivity index (χ1v) is 12.9. The van der Waals surface area contributed by atoms with Gasteiger partial charge in [0, 0.05) is 0 Å². The summed E-state index contributed by atoms with van der Waals surface area (Å²) in [4.78, 5) is 2.30. The highest BCUT2D eigenvalue weighted by Gasteiger charge is 2.64. The number of hydrogen-bond donors (Lipinski definition) is 0. The second kappa shape index (κ2) is 9.72. The van der Waals surface area contributed by atoms with Crippen molar-refractivity contribution >= 4 is 7.60 Å². The van der Waals surface area contributed by atoms with Crippen molar-refractivity contribution in [2.45, 2.75) is 57.8 Å². The van der Waals surface area contributed by atoms with Crippen molar-refractivity contribution in [3.8, 4) is 0 Å². The van der Waals surface area contributed by atoms with Crippen LogP contribution in [-0.4, -0.2) is 22.9 Å². The molecule has 0 spiro atoms. The molecule has 1 fully saturated rings. The van der Waals surface area contributed by atoms with E-state index in [1.54, 1.807) is 0 Å². The molecular formula is C27H32NO3P. The number of benzene rings is 3. The van der Waals surface area contributed by atoms with Gasteiger partial charge in [-0.1, -0.05) is 91.0 Å². The van der Waals surface area contributed by atoms with E-state index < -0.39 is 7.60 Å². The number of rotatable bonds is 9. The monoisotopic (exact) mass is 449 g/mol. The molecule has 0 N–H and O–H groups in total. The lowest BCUT2D eigenvalue weighted by Crippen LogP contribution is -2.18. The predicted octanol–water partition coefficient (Wildman–Crippen LogP) is 7.20. The van der Waals surface area contributed by atoms with Crippen molar-refractivity contribution in [1.29, 1.82) is 0 Å². The summed E-state index contributed by atoms with van der Waals surface area (Å²) in [5.74, 6) is -0.361. The average Bonchev–Trinajstić information content (AvgIpc) is 3.51. The Morgan fingerprint density at radius 3 is 1.50 bits per heavy atom. The van der Waals surface area contributed by atoms with Gasteiger partial charge in [-0.05, 0) is 44.4 Å². The minimum atomic E-state index is -3.44. The Bertz CT molecular complexity index is 987. The van der Waals surface area contributed by atoms with Crippen LogP contribution in [-0.2, 0) is 13.6 Å². The molecule has 4 nitrogen and oxygen atoms in total. The average molecular weight is 450 g/mol. The van der Waals surface area contributed by atoms with Crippen LogP contribution in [0.3, 0.4) is 0 Å². The van der Waals surface area contributed by atoms with E-state index in [4.69, 9.17) is 9.05 Å². The minimum absolute atomic E-state index is 0.0625. The first-order valence-electron chi connectivity index (χ1n) is 11.3. The Hall–Kier alpha value is -2.23. The van der Waals surface area contributed by atoms with Gasteiger partial charge in [0.05, 0.1) is 24.3 Å². The van der Waals surface area contributed by atoms with Gasteiger partial charge < -0.3 is 9.05 Å². The van der Waals surface area contributed by atoms with Gasteiger partial charge in [-0.2, -0.15) is 0 Å². The summed E-state index contributed by atoms with van der Waals surface area (Å²) in [5, 5.41) is 0. The zero-order chi connectivity index (χ0) is 22.7. The minimum Gasteiger partial charge on any atom is -0.305 e. The van der Waals surface area contributed by atoms with E-state index in [-0.39, 0.29) is 30.1 Å². The third-order valence-electron chi connectivity index (χ3n) is 5.53. The number of nitrogens with zero attached hydrogens (tertiary/aromatic N) is 1. The molecule has 0 radical (unpaired) electrons. The normalized spacial score (nSPS) is 20.8. The Kier molecular flexibility index (Phi) is 6.97.